The molecule has 0 saturated carbocycles. The molecule has 0 aliphatic carbocycles. The van der Waals surface area contributed by atoms with E-state index in [9.17, 15) is 4.79 Å². The summed E-state index contributed by atoms with van der Waals surface area (Å²) in [6.45, 7) is 6.66. The predicted molar refractivity (Wildman–Crippen MR) is 69.6 cm³/mol. The number of piperidine rings is 1. The van der Waals surface area contributed by atoms with E-state index >= 15 is 0 Å². The number of hydrogen-bond donors (Lipinski definition) is 0. The van der Waals surface area contributed by atoms with E-state index in [0.717, 1.165) is 32.7 Å². The monoisotopic (exact) mass is 252 g/mol. The minimum absolute atomic E-state index is 0.175. The third kappa shape index (κ3) is 2.76. The van der Waals surface area contributed by atoms with Gasteiger partial charge in [0.25, 0.3) is 0 Å². The maximum absolute atomic E-state index is 12.1. The Kier molecular flexibility index (Phi) is 3.97. The van der Waals surface area contributed by atoms with Crippen LogP contribution in [0.5, 0.6) is 0 Å². The normalized spacial score (nSPS) is 34.4. The SMILES string of the molecule is O=C(CN1CCN2CCCCC2C1)C1CCOC1. The molecule has 3 rings (SSSR count). The highest BCUT2D eigenvalue weighted by Crippen LogP contribution is 2.21. The third-order valence-electron chi connectivity index (χ3n) is 4.69. The van der Waals surface area contributed by atoms with Crippen LogP contribution in [0.2, 0.25) is 0 Å². The average Bonchev–Trinajstić information content (AvgIpc) is 2.92. The van der Waals surface area contributed by atoms with Gasteiger partial charge in [0.05, 0.1) is 13.2 Å². The van der Waals surface area contributed by atoms with E-state index in [1.54, 1.807) is 0 Å². The van der Waals surface area contributed by atoms with Crippen LogP contribution < -0.4 is 0 Å². The Morgan fingerprint density at radius 2 is 2.11 bits per heavy atom. The predicted octanol–water partition coefficient (Wildman–Crippen LogP) is 0.762. The molecule has 4 nitrogen and oxygen atoms in total. The van der Waals surface area contributed by atoms with Gasteiger partial charge in [-0.3, -0.25) is 14.6 Å². The second-order valence-corrected chi connectivity index (χ2v) is 5.95. The molecule has 3 aliphatic heterocycles. The van der Waals surface area contributed by atoms with Gasteiger partial charge in [0.1, 0.15) is 0 Å². The molecule has 0 amide bonds. The summed E-state index contributed by atoms with van der Waals surface area (Å²) >= 11 is 0. The summed E-state index contributed by atoms with van der Waals surface area (Å²) in [6.07, 6.45) is 4.97. The molecule has 2 unspecified atom stereocenters. The fourth-order valence-corrected chi connectivity index (χ4v) is 3.50. The number of hydrogen-bond acceptors (Lipinski definition) is 4. The molecular formula is C14H24N2O2. The molecule has 2 atom stereocenters. The first-order valence-corrected chi connectivity index (χ1v) is 7.40. The Labute approximate surface area is 109 Å². The fraction of sp³-hybridized carbons (Fsp3) is 0.929. The standard InChI is InChI=1S/C14H24N2O2/c17-14(12-4-8-18-11-12)10-15-6-7-16-5-2-1-3-13(16)9-15/h12-13H,1-11H2. The highest BCUT2D eigenvalue weighted by molar-refractivity contribution is 5.83. The lowest BCUT2D eigenvalue weighted by molar-refractivity contribution is -0.124. The molecule has 0 radical (unpaired) electrons. The number of ketones is 1. The quantitative estimate of drug-likeness (QED) is 0.742. The van der Waals surface area contributed by atoms with Crippen LogP contribution in [0.15, 0.2) is 0 Å². The Balaban J connectivity index is 1.49. The summed E-state index contributed by atoms with van der Waals surface area (Å²) in [5.74, 6) is 0.575. The topological polar surface area (TPSA) is 32.8 Å². The number of fused-ring (bicyclic) bond motifs is 1. The number of rotatable bonds is 3. The van der Waals surface area contributed by atoms with E-state index in [-0.39, 0.29) is 5.92 Å². The lowest BCUT2D eigenvalue weighted by Crippen LogP contribution is -2.55. The zero-order chi connectivity index (χ0) is 12.4. The second-order valence-electron chi connectivity index (χ2n) is 5.95. The van der Waals surface area contributed by atoms with Gasteiger partial charge >= 0.3 is 0 Å². The molecule has 0 aromatic rings. The van der Waals surface area contributed by atoms with Crippen molar-refractivity contribution in [3.8, 4) is 0 Å². The Morgan fingerprint density at radius 1 is 1.17 bits per heavy atom. The number of carbonyl (C=O) groups excluding carboxylic acids is 1. The molecule has 102 valence electrons. The first kappa shape index (κ1) is 12.6. The number of piperazine rings is 1. The lowest BCUT2D eigenvalue weighted by atomic mass is 9.98. The third-order valence-corrected chi connectivity index (χ3v) is 4.69. The molecule has 3 heterocycles. The minimum Gasteiger partial charge on any atom is -0.381 e. The molecule has 3 aliphatic rings. The zero-order valence-electron chi connectivity index (χ0n) is 11.1. The van der Waals surface area contributed by atoms with Gasteiger partial charge < -0.3 is 4.74 Å². The summed E-state index contributed by atoms with van der Waals surface area (Å²) < 4.78 is 5.31. The van der Waals surface area contributed by atoms with Crippen molar-refractivity contribution in [2.24, 2.45) is 5.92 Å². The molecule has 0 spiro atoms. The van der Waals surface area contributed by atoms with Gasteiger partial charge in [-0.05, 0) is 25.8 Å². The molecule has 0 aromatic heterocycles. The lowest BCUT2D eigenvalue weighted by Gasteiger charge is -2.44. The van der Waals surface area contributed by atoms with Gasteiger partial charge in [0.15, 0.2) is 5.78 Å². The van der Waals surface area contributed by atoms with Gasteiger partial charge in [-0.25, -0.2) is 0 Å². The van der Waals surface area contributed by atoms with Crippen LogP contribution >= 0.6 is 0 Å². The van der Waals surface area contributed by atoms with Gasteiger partial charge in [0, 0.05) is 38.2 Å². The summed E-state index contributed by atoms with van der Waals surface area (Å²) in [7, 11) is 0. The van der Waals surface area contributed by atoms with Crippen molar-refractivity contribution in [3.05, 3.63) is 0 Å². The molecule has 4 heteroatoms. The number of ether oxygens (including phenoxy) is 1. The van der Waals surface area contributed by atoms with Crippen LogP contribution in [-0.2, 0) is 9.53 Å². The zero-order valence-corrected chi connectivity index (χ0v) is 11.1. The van der Waals surface area contributed by atoms with E-state index in [1.165, 1.54) is 25.8 Å². The van der Waals surface area contributed by atoms with E-state index in [2.05, 4.69) is 9.80 Å². The van der Waals surface area contributed by atoms with Crippen molar-refractivity contribution in [3.63, 3.8) is 0 Å². The van der Waals surface area contributed by atoms with E-state index in [4.69, 9.17) is 4.74 Å². The molecule has 3 fully saturated rings. The first-order chi connectivity index (χ1) is 8.83. The molecular weight excluding hydrogens is 228 g/mol. The molecule has 0 aromatic carbocycles. The Bertz CT molecular complexity index is 302. The van der Waals surface area contributed by atoms with Gasteiger partial charge in [-0.15, -0.1) is 0 Å². The largest absolute Gasteiger partial charge is 0.381 e. The van der Waals surface area contributed by atoms with Gasteiger partial charge in [-0.2, -0.15) is 0 Å². The second kappa shape index (κ2) is 5.68. The molecule has 18 heavy (non-hydrogen) atoms. The number of Topliss-reactive ketones (excluding diaryl/α,β-unsaturated/α-hetero) is 1. The first-order valence-electron chi connectivity index (χ1n) is 7.40. The maximum Gasteiger partial charge on any atom is 0.152 e. The van der Waals surface area contributed by atoms with Gasteiger partial charge in [0.2, 0.25) is 0 Å². The summed E-state index contributed by atoms with van der Waals surface area (Å²) in [5.41, 5.74) is 0. The van der Waals surface area contributed by atoms with Crippen molar-refractivity contribution in [1.82, 2.24) is 9.80 Å². The van der Waals surface area contributed by atoms with Gasteiger partial charge in [-0.1, -0.05) is 6.42 Å². The van der Waals surface area contributed by atoms with Crippen LogP contribution in [0.25, 0.3) is 0 Å². The minimum atomic E-state index is 0.175. The van der Waals surface area contributed by atoms with Crippen molar-refractivity contribution < 1.29 is 9.53 Å². The van der Waals surface area contributed by atoms with E-state index in [0.29, 0.717) is 25.0 Å². The molecule has 0 N–H and O–H groups in total. The van der Waals surface area contributed by atoms with Crippen molar-refractivity contribution in [2.75, 3.05) is 45.9 Å². The van der Waals surface area contributed by atoms with Crippen LogP contribution in [0.4, 0.5) is 0 Å². The summed E-state index contributed by atoms with van der Waals surface area (Å²) in [5, 5.41) is 0. The van der Waals surface area contributed by atoms with Crippen molar-refractivity contribution in [2.45, 2.75) is 31.7 Å². The summed E-state index contributed by atoms with van der Waals surface area (Å²) in [4.78, 5) is 17.1. The fourth-order valence-electron chi connectivity index (χ4n) is 3.50. The number of carbonyl (C=O) groups is 1. The van der Waals surface area contributed by atoms with E-state index in [1.807, 2.05) is 0 Å². The molecule has 3 saturated heterocycles. The highest BCUT2D eigenvalue weighted by Gasteiger charge is 2.31. The van der Waals surface area contributed by atoms with Crippen molar-refractivity contribution in [1.29, 1.82) is 0 Å². The van der Waals surface area contributed by atoms with Crippen LogP contribution in [0.3, 0.4) is 0 Å². The average molecular weight is 252 g/mol. The van der Waals surface area contributed by atoms with E-state index < -0.39 is 0 Å². The Hall–Kier alpha value is -0.450. The number of nitrogens with zero attached hydrogens (tertiary/aromatic N) is 2. The highest BCUT2D eigenvalue weighted by atomic mass is 16.5. The summed E-state index contributed by atoms with van der Waals surface area (Å²) in [6, 6.07) is 0.708. The maximum atomic E-state index is 12.1. The van der Waals surface area contributed by atoms with Crippen LogP contribution in [-0.4, -0.2) is 67.6 Å². The van der Waals surface area contributed by atoms with Crippen LogP contribution in [0, 0.1) is 5.92 Å². The molecule has 0 bridgehead atoms. The smallest absolute Gasteiger partial charge is 0.152 e. The van der Waals surface area contributed by atoms with Crippen molar-refractivity contribution >= 4 is 5.78 Å². The van der Waals surface area contributed by atoms with Crippen LogP contribution in [0.1, 0.15) is 25.7 Å². The Morgan fingerprint density at radius 3 is 2.94 bits per heavy atom.